The van der Waals surface area contributed by atoms with Gasteiger partial charge in [-0.3, -0.25) is 0 Å². The van der Waals surface area contributed by atoms with Crippen molar-refractivity contribution in [2.75, 3.05) is 50.2 Å². The minimum Gasteiger partial charge on any atom is -0.506 e. The number of hydrogen-bond acceptors (Lipinski definition) is 5. The van der Waals surface area contributed by atoms with E-state index in [4.69, 9.17) is 9.47 Å². The number of phenolic OH excluding ortho intramolecular Hbond substituents is 1. The van der Waals surface area contributed by atoms with Gasteiger partial charge < -0.3 is 25.2 Å². The number of hydrogen-bond donors (Lipinski definition) is 3. The summed E-state index contributed by atoms with van der Waals surface area (Å²) in [5.74, 6) is 0.270. The van der Waals surface area contributed by atoms with Gasteiger partial charge in [-0.2, -0.15) is 0 Å². The molecule has 0 amide bonds. The number of benzene rings is 1. The predicted molar refractivity (Wildman–Crippen MR) is 96.5 cm³/mol. The van der Waals surface area contributed by atoms with Gasteiger partial charge in [0.15, 0.2) is 0 Å². The zero-order valence-electron chi connectivity index (χ0n) is 14.6. The van der Waals surface area contributed by atoms with E-state index in [-0.39, 0.29) is 5.75 Å². The highest BCUT2D eigenvalue weighted by Crippen LogP contribution is 2.31. The van der Waals surface area contributed by atoms with Crippen LogP contribution in [0.15, 0.2) is 18.2 Å². The topological polar surface area (TPSA) is 62.8 Å². The molecule has 132 valence electrons. The number of para-hydroxylation sites is 1. The Labute approximate surface area is 140 Å². The molecule has 0 aliphatic heterocycles. The zero-order valence-corrected chi connectivity index (χ0v) is 14.6. The molecule has 0 radical (unpaired) electrons. The Kier molecular flexibility index (Phi) is 11.1. The Balaban J connectivity index is 2.33. The van der Waals surface area contributed by atoms with Crippen LogP contribution in [-0.4, -0.2) is 44.6 Å². The monoisotopic (exact) mass is 324 g/mol. The molecule has 0 aromatic heterocycles. The Hall–Kier alpha value is -1.46. The van der Waals surface area contributed by atoms with Crippen LogP contribution in [0.5, 0.6) is 5.75 Å². The maximum Gasteiger partial charge on any atom is 0.140 e. The quantitative estimate of drug-likeness (QED) is 0.358. The van der Waals surface area contributed by atoms with Crippen LogP contribution in [0.1, 0.15) is 39.5 Å². The third-order valence-corrected chi connectivity index (χ3v) is 3.29. The lowest BCUT2D eigenvalue weighted by atomic mass is 10.2. The fourth-order valence-corrected chi connectivity index (χ4v) is 2.15. The molecular formula is C18H32N2O3. The molecular weight excluding hydrogens is 292 g/mol. The van der Waals surface area contributed by atoms with E-state index in [1.54, 1.807) is 6.07 Å². The van der Waals surface area contributed by atoms with E-state index in [9.17, 15) is 5.11 Å². The van der Waals surface area contributed by atoms with Gasteiger partial charge in [0.05, 0.1) is 5.69 Å². The molecule has 3 N–H and O–H groups in total. The SMILES string of the molecule is CCCOCCCNc1cccc(O)c1NCCCOCCC. The standard InChI is InChI=1S/C18H32N2O3/c1-3-12-22-14-6-10-19-16-8-5-9-17(21)18(16)20-11-7-15-23-13-4-2/h5,8-9,19-21H,3-4,6-7,10-15H2,1-2H3. The average molecular weight is 324 g/mol. The van der Waals surface area contributed by atoms with Crippen LogP contribution >= 0.6 is 0 Å². The second-order valence-electron chi connectivity index (χ2n) is 5.49. The molecule has 0 spiro atoms. The maximum atomic E-state index is 10.0. The molecule has 1 rings (SSSR count). The van der Waals surface area contributed by atoms with Crippen molar-refractivity contribution >= 4 is 11.4 Å². The van der Waals surface area contributed by atoms with Crippen molar-refractivity contribution in [1.82, 2.24) is 0 Å². The number of aromatic hydroxyl groups is 1. The summed E-state index contributed by atoms with van der Waals surface area (Å²) in [6, 6.07) is 5.52. The maximum absolute atomic E-state index is 10.0. The number of rotatable bonds is 14. The van der Waals surface area contributed by atoms with Crippen molar-refractivity contribution in [3.63, 3.8) is 0 Å². The predicted octanol–water partition coefficient (Wildman–Crippen LogP) is 3.85. The fourth-order valence-electron chi connectivity index (χ4n) is 2.15. The molecule has 0 saturated heterocycles. The van der Waals surface area contributed by atoms with Gasteiger partial charge in [-0.1, -0.05) is 19.9 Å². The van der Waals surface area contributed by atoms with Crippen molar-refractivity contribution in [2.24, 2.45) is 0 Å². The van der Waals surface area contributed by atoms with Crippen LogP contribution in [0.3, 0.4) is 0 Å². The summed E-state index contributed by atoms with van der Waals surface area (Å²) in [4.78, 5) is 0. The molecule has 1 aromatic carbocycles. The van der Waals surface area contributed by atoms with Gasteiger partial charge in [-0.25, -0.2) is 0 Å². The van der Waals surface area contributed by atoms with E-state index >= 15 is 0 Å². The molecule has 0 aliphatic carbocycles. The summed E-state index contributed by atoms with van der Waals surface area (Å²) in [6.07, 6.45) is 3.96. The smallest absolute Gasteiger partial charge is 0.140 e. The molecule has 0 fully saturated rings. The summed E-state index contributed by atoms with van der Waals surface area (Å²) in [5.41, 5.74) is 1.69. The molecule has 0 atom stereocenters. The molecule has 5 nitrogen and oxygen atoms in total. The van der Waals surface area contributed by atoms with Crippen LogP contribution < -0.4 is 10.6 Å². The second kappa shape index (κ2) is 13.0. The van der Waals surface area contributed by atoms with E-state index in [1.165, 1.54) is 0 Å². The van der Waals surface area contributed by atoms with E-state index < -0.39 is 0 Å². The van der Waals surface area contributed by atoms with Gasteiger partial charge >= 0.3 is 0 Å². The van der Waals surface area contributed by atoms with Crippen LogP contribution in [0.2, 0.25) is 0 Å². The van der Waals surface area contributed by atoms with Gasteiger partial charge in [-0.05, 0) is 37.8 Å². The third-order valence-electron chi connectivity index (χ3n) is 3.29. The van der Waals surface area contributed by atoms with Crippen molar-refractivity contribution < 1.29 is 14.6 Å². The largest absolute Gasteiger partial charge is 0.506 e. The summed E-state index contributed by atoms with van der Waals surface area (Å²) >= 11 is 0. The minimum atomic E-state index is 0.270. The first-order valence-corrected chi connectivity index (χ1v) is 8.74. The van der Waals surface area contributed by atoms with Crippen LogP contribution in [0, 0.1) is 0 Å². The first kappa shape index (κ1) is 19.6. The highest BCUT2D eigenvalue weighted by atomic mass is 16.5. The molecule has 0 bridgehead atoms. The van der Waals surface area contributed by atoms with Crippen LogP contribution in [-0.2, 0) is 9.47 Å². The van der Waals surface area contributed by atoms with Crippen molar-refractivity contribution in [3.8, 4) is 5.75 Å². The first-order valence-electron chi connectivity index (χ1n) is 8.74. The molecule has 0 saturated carbocycles. The van der Waals surface area contributed by atoms with Crippen molar-refractivity contribution in [2.45, 2.75) is 39.5 Å². The number of ether oxygens (including phenoxy) is 2. The first-order chi connectivity index (χ1) is 11.3. The van der Waals surface area contributed by atoms with Gasteiger partial charge in [0.1, 0.15) is 11.4 Å². The summed E-state index contributed by atoms with van der Waals surface area (Å²) in [7, 11) is 0. The lowest BCUT2D eigenvalue weighted by Gasteiger charge is -2.15. The van der Waals surface area contributed by atoms with E-state index in [0.29, 0.717) is 0 Å². The average Bonchev–Trinajstić information content (AvgIpc) is 2.56. The molecule has 1 aromatic rings. The van der Waals surface area contributed by atoms with Crippen molar-refractivity contribution in [3.05, 3.63) is 18.2 Å². The lowest BCUT2D eigenvalue weighted by molar-refractivity contribution is 0.134. The molecule has 0 aliphatic rings. The van der Waals surface area contributed by atoms with Crippen LogP contribution in [0.4, 0.5) is 11.4 Å². The number of nitrogens with one attached hydrogen (secondary N) is 2. The Morgan fingerprint density at radius 3 is 2.09 bits per heavy atom. The third kappa shape index (κ3) is 8.67. The highest BCUT2D eigenvalue weighted by molar-refractivity contribution is 5.75. The summed E-state index contributed by atoms with van der Waals surface area (Å²) in [5, 5.41) is 16.7. The normalized spacial score (nSPS) is 10.7. The number of phenols is 1. The minimum absolute atomic E-state index is 0.270. The Morgan fingerprint density at radius 2 is 1.48 bits per heavy atom. The Morgan fingerprint density at radius 1 is 0.870 bits per heavy atom. The van der Waals surface area contributed by atoms with E-state index in [0.717, 1.165) is 76.6 Å². The van der Waals surface area contributed by atoms with Crippen LogP contribution in [0.25, 0.3) is 0 Å². The molecule has 23 heavy (non-hydrogen) atoms. The molecule has 0 heterocycles. The zero-order chi connectivity index (χ0) is 16.8. The number of anilines is 2. The van der Waals surface area contributed by atoms with Crippen molar-refractivity contribution in [1.29, 1.82) is 0 Å². The Bertz CT molecular complexity index is 413. The highest BCUT2D eigenvalue weighted by Gasteiger charge is 2.06. The van der Waals surface area contributed by atoms with Gasteiger partial charge in [0.25, 0.3) is 0 Å². The van der Waals surface area contributed by atoms with Gasteiger partial charge in [-0.15, -0.1) is 0 Å². The summed E-state index contributed by atoms with van der Waals surface area (Å²) in [6.45, 7) is 8.93. The van der Waals surface area contributed by atoms with E-state index in [2.05, 4.69) is 24.5 Å². The fraction of sp³-hybridized carbons (Fsp3) is 0.667. The van der Waals surface area contributed by atoms with E-state index in [1.807, 2.05) is 12.1 Å². The van der Waals surface area contributed by atoms with Gasteiger partial charge in [0.2, 0.25) is 0 Å². The lowest BCUT2D eigenvalue weighted by Crippen LogP contribution is -2.11. The van der Waals surface area contributed by atoms with Gasteiger partial charge in [0, 0.05) is 39.5 Å². The summed E-state index contributed by atoms with van der Waals surface area (Å²) < 4.78 is 10.9. The molecule has 0 unspecified atom stereocenters. The molecule has 5 heteroatoms. The second-order valence-corrected chi connectivity index (χ2v) is 5.49.